The maximum absolute atomic E-state index is 13.1. The highest BCUT2D eigenvalue weighted by molar-refractivity contribution is 5.20. The molecule has 4 unspecified atom stereocenters. The van der Waals surface area contributed by atoms with Crippen LogP contribution in [0.2, 0.25) is 0 Å². The summed E-state index contributed by atoms with van der Waals surface area (Å²) in [5.74, 6) is 1.16. The zero-order valence-corrected chi connectivity index (χ0v) is 12.5. The summed E-state index contributed by atoms with van der Waals surface area (Å²) in [7, 11) is 0. The molecule has 1 aromatic rings. The second kappa shape index (κ2) is 5.82. The largest absolute Gasteiger partial charge is 0.307 e. The molecule has 2 fully saturated rings. The van der Waals surface area contributed by atoms with E-state index < -0.39 is 0 Å². The number of benzene rings is 1. The van der Waals surface area contributed by atoms with Crippen molar-refractivity contribution in [3.05, 3.63) is 35.6 Å². The van der Waals surface area contributed by atoms with Gasteiger partial charge in [0.25, 0.3) is 0 Å². The molecule has 110 valence electrons. The third-order valence-electron chi connectivity index (χ3n) is 4.92. The van der Waals surface area contributed by atoms with Crippen LogP contribution in [0.4, 0.5) is 4.39 Å². The number of nitrogens with zero attached hydrogens (tertiary/aromatic N) is 1. The van der Waals surface area contributed by atoms with Crippen LogP contribution >= 0.6 is 0 Å². The van der Waals surface area contributed by atoms with Crippen molar-refractivity contribution in [3.63, 3.8) is 0 Å². The molecule has 0 aromatic heterocycles. The van der Waals surface area contributed by atoms with Crippen molar-refractivity contribution < 1.29 is 4.39 Å². The number of hydrogen-bond donors (Lipinski definition) is 1. The van der Waals surface area contributed by atoms with Gasteiger partial charge in [-0.25, -0.2) is 4.39 Å². The Kier molecular flexibility index (Phi) is 4.08. The minimum Gasteiger partial charge on any atom is -0.307 e. The maximum Gasteiger partial charge on any atom is 0.123 e. The molecule has 0 aliphatic carbocycles. The number of fused-ring (bicyclic) bond motifs is 2. The van der Waals surface area contributed by atoms with Gasteiger partial charge >= 0.3 is 0 Å². The summed E-state index contributed by atoms with van der Waals surface area (Å²) in [6.07, 6.45) is 2.57. The van der Waals surface area contributed by atoms with Crippen LogP contribution in [0.1, 0.15) is 38.3 Å². The van der Waals surface area contributed by atoms with Crippen LogP contribution < -0.4 is 5.32 Å². The topological polar surface area (TPSA) is 15.3 Å². The first kappa shape index (κ1) is 14.0. The van der Waals surface area contributed by atoms with Crippen LogP contribution in [0, 0.1) is 17.7 Å². The molecule has 2 nitrogen and oxygen atoms in total. The standard InChI is InChI=1S/C17H25FN2/c1-12(2)17(13-3-5-15(18)6-4-13)19-16-8-10-20-9-7-14(16)11-20/h3-6,12,14,16-17,19H,7-11H2,1-2H3. The summed E-state index contributed by atoms with van der Waals surface area (Å²) < 4.78 is 13.1. The highest BCUT2D eigenvalue weighted by Crippen LogP contribution is 2.31. The lowest BCUT2D eigenvalue weighted by Crippen LogP contribution is -2.46. The van der Waals surface area contributed by atoms with E-state index in [0.717, 1.165) is 5.92 Å². The molecule has 2 saturated heterocycles. The Balaban J connectivity index is 1.72. The van der Waals surface area contributed by atoms with Gasteiger partial charge in [-0.3, -0.25) is 0 Å². The molecule has 20 heavy (non-hydrogen) atoms. The van der Waals surface area contributed by atoms with Crippen LogP contribution in [0.25, 0.3) is 0 Å². The minimum atomic E-state index is -0.152. The first-order valence-corrected chi connectivity index (χ1v) is 7.87. The Morgan fingerprint density at radius 1 is 1.15 bits per heavy atom. The molecule has 3 heteroatoms. The quantitative estimate of drug-likeness (QED) is 0.908. The second-order valence-corrected chi connectivity index (χ2v) is 6.68. The SMILES string of the molecule is CC(C)C(NC1CCN2CCC1C2)c1ccc(F)cc1. The van der Waals surface area contributed by atoms with Crippen LogP contribution in [0.15, 0.2) is 24.3 Å². The summed E-state index contributed by atoms with van der Waals surface area (Å²) in [6, 6.07) is 7.95. The molecule has 4 atom stereocenters. The van der Waals surface area contributed by atoms with E-state index in [0.29, 0.717) is 18.0 Å². The van der Waals surface area contributed by atoms with Gasteiger partial charge in [0, 0.05) is 18.6 Å². The van der Waals surface area contributed by atoms with E-state index in [1.165, 1.54) is 38.0 Å². The third-order valence-corrected chi connectivity index (χ3v) is 4.92. The number of hydrogen-bond acceptors (Lipinski definition) is 2. The Bertz CT molecular complexity index is 443. The van der Waals surface area contributed by atoms with Crippen molar-refractivity contribution in [2.24, 2.45) is 11.8 Å². The molecular formula is C17H25FN2. The molecule has 2 aliphatic heterocycles. The molecule has 0 radical (unpaired) electrons. The molecule has 2 heterocycles. The normalized spacial score (nSPS) is 30.7. The van der Waals surface area contributed by atoms with Gasteiger partial charge < -0.3 is 10.2 Å². The van der Waals surface area contributed by atoms with Crippen molar-refractivity contribution in [3.8, 4) is 0 Å². The van der Waals surface area contributed by atoms with Crippen LogP contribution in [0.3, 0.4) is 0 Å². The van der Waals surface area contributed by atoms with Crippen molar-refractivity contribution in [1.29, 1.82) is 0 Å². The summed E-state index contributed by atoms with van der Waals surface area (Å²) in [5.41, 5.74) is 1.21. The highest BCUT2D eigenvalue weighted by atomic mass is 19.1. The van der Waals surface area contributed by atoms with E-state index in [4.69, 9.17) is 0 Å². The molecule has 0 spiro atoms. The van der Waals surface area contributed by atoms with Gasteiger partial charge in [0.1, 0.15) is 5.82 Å². The Morgan fingerprint density at radius 3 is 2.55 bits per heavy atom. The monoisotopic (exact) mass is 276 g/mol. The van der Waals surface area contributed by atoms with Gasteiger partial charge in [-0.15, -0.1) is 0 Å². The number of halogens is 1. The fourth-order valence-corrected chi connectivity index (χ4v) is 3.75. The Labute approximate surface area is 121 Å². The van der Waals surface area contributed by atoms with Crippen LogP contribution in [-0.2, 0) is 0 Å². The van der Waals surface area contributed by atoms with Crippen LogP contribution in [0.5, 0.6) is 0 Å². The zero-order chi connectivity index (χ0) is 14.1. The lowest BCUT2D eigenvalue weighted by atomic mass is 9.89. The van der Waals surface area contributed by atoms with Crippen LogP contribution in [-0.4, -0.2) is 30.6 Å². The smallest absolute Gasteiger partial charge is 0.123 e. The summed E-state index contributed by atoms with van der Waals surface area (Å²) >= 11 is 0. The van der Waals surface area contributed by atoms with Gasteiger partial charge in [0.15, 0.2) is 0 Å². The maximum atomic E-state index is 13.1. The number of piperidine rings is 1. The van der Waals surface area contributed by atoms with Gasteiger partial charge in [0.2, 0.25) is 0 Å². The summed E-state index contributed by atoms with van der Waals surface area (Å²) in [4.78, 5) is 2.57. The first-order chi connectivity index (χ1) is 9.63. The van der Waals surface area contributed by atoms with E-state index in [-0.39, 0.29) is 5.82 Å². The number of nitrogens with one attached hydrogen (secondary N) is 1. The van der Waals surface area contributed by atoms with E-state index >= 15 is 0 Å². The lowest BCUT2D eigenvalue weighted by Gasteiger charge is -2.35. The summed E-state index contributed by atoms with van der Waals surface area (Å²) in [6.45, 7) is 8.23. The van der Waals surface area contributed by atoms with E-state index in [2.05, 4.69) is 24.1 Å². The van der Waals surface area contributed by atoms with E-state index in [1.54, 1.807) is 12.1 Å². The predicted octanol–water partition coefficient (Wildman–Crippen LogP) is 3.21. The Morgan fingerprint density at radius 2 is 1.85 bits per heavy atom. The molecule has 2 bridgehead atoms. The molecular weight excluding hydrogens is 251 g/mol. The lowest BCUT2D eigenvalue weighted by molar-refractivity contribution is 0.199. The van der Waals surface area contributed by atoms with Gasteiger partial charge in [-0.2, -0.15) is 0 Å². The first-order valence-electron chi connectivity index (χ1n) is 7.87. The van der Waals surface area contributed by atoms with Gasteiger partial charge in [-0.05, 0) is 55.5 Å². The van der Waals surface area contributed by atoms with Crippen molar-refractivity contribution in [2.75, 3.05) is 19.6 Å². The average Bonchev–Trinajstić information content (AvgIpc) is 2.82. The molecule has 2 aliphatic rings. The van der Waals surface area contributed by atoms with Gasteiger partial charge in [-0.1, -0.05) is 26.0 Å². The predicted molar refractivity (Wildman–Crippen MR) is 80.1 cm³/mol. The molecule has 3 rings (SSSR count). The van der Waals surface area contributed by atoms with E-state index in [1.807, 2.05) is 12.1 Å². The minimum absolute atomic E-state index is 0.152. The second-order valence-electron chi connectivity index (χ2n) is 6.68. The van der Waals surface area contributed by atoms with Crippen molar-refractivity contribution >= 4 is 0 Å². The van der Waals surface area contributed by atoms with Gasteiger partial charge in [0.05, 0.1) is 0 Å². The highest BCUT2D eigenvalue weighted by Gasteiger charge is 2.35. The fraction of sp³-hybridized carbons (Fsp3) is 0.647. The molecule has 1 aromatic carbocycles. The number of rotatable bonds is 4. The molecule has 0 saturated carbocycles. The van der Waals surface area contributed by atoms with Crippen molar-refractivity contribution in [2.45, 2.75) is 38.8 Å². The molecule has 0 amide bonds. The third kappa shape index (κ3) is 2.89. The van der Waals surface area contributed by atoms with E-state index in [9.17, 15) is 4.39 Å². The van der Waals surface area contributed by atoms with Crippen molar-refractivity contribution in [1.82, 2.24) is 10.2 Å². The zero-order valence-electron chi connectivity index (χ0n) is 12.5. The fourth-order valence-electron chi connectivity index (χ4n) is 3.75. The Hall–Kier alpha value is -0.930. The summed E-state index contributed by atoms with van der Waals surface area (Å²) in [5, 5.41) is 3.87. The average molecular weight is 276 g/mol. The molecule has 1 N–H and O–H groups in total.